The van der Waals surface area contributed by atoms with Gasteiger partial charge in [0.25, 0.3) is 5.91 Å². The van der Waals surface area contributed by atoms with E-state index >= 15 is 0 Å². The number of methoxy groups -OCH3 is 1. The van der Waals surface area contributed by atoms with Gasteiger partial charge in [-0.3, -0.25) is 4.79 Å². The number of rotatable bonds is 6. The Balaban J connectivity index is 2.25. The van der Waals surface area contributed by atoms with Crippen LogP contribution in [0.4, 0.5) is 4.39 Å². The minimum Gasteiger partial charge on any atom is -0.440 e. The first kappa shape index (κ1) is 17.1. The molecule has 0 fully saturated rings. The van der Waals surface area contributed by atoms with Gasteiger partial charge in [0, 0.05) is 7.11 Å². The number of aryl methyl sites for hydroxylation is 1. The van der Waals surface area contributed by atoms with Crippen molar-refractivity contribution in [3.05, 3.63) is 41.5 Å². The first-order valence-electron chi connectivity index (χ1n) is 6.60. The van der Waals surface area contributed by atoms with Crippen LogP contribution in [0.25, 0.3) is 11.5 Å². The maximum atomic E-state index is 13.7. The lowest BCUT2D eigenvalue weighted by Gasteiger charge is -2.04. The van der Waals surface area contributed by atoms with Crippen LogP contribution in [0.5, 0.6) is 0 Å². The van der Waals surface area contributed by atoms with E-state index in [0.717, 1.165) is 0 Å². The quantitative estimate of drug-likeness (QED) is 0.854. The molecule has 2 rings (SSSR count). The Kier molecular flexibility index (Phi) is 5.12. The number of halogens is 1. The van der Waals surface area contributed by atoms with Crippen LogP contribution in [0.15, 0.2) is 28.7 Å². The van der Waals surface area contributed by atoms with Gasteiger partial charge in [0.1, 0.15) is 11.6 Å². The molecule has 0 aliphatic rings. The van der Waals surface area contributed by atoms with Gasteiger partial charge in [0.2, 0.25) is 15.9 Å². The molecule has 0 saturated carbocycles. The van der Waals surface area contributed by atoms with Gasteiger partial charge in [0.15, 0.2) is 5.69 Å². The lowest BCUT2D eigenvalue weighted by Crippen LogP contribution is -2.34. The summed E-state index contributed by atoms with van der Waals surface area (Å²) in [5, 5.41) is 0. The fraction of sp³-hybridized carbons (Fsp3) is 0.286. The van der Waals surface area contributed by atoms with E-state index in [4.69, 9.17) is 4.42 Å². The van der Waals surface area contributed by atoms with Gasteiger partial charge in [-0.25, -0.2) is 22.5 Å². The molecule has 0 spiro atoms. The molecule has 9 heteroatoms. The molecule has 0 aliphatic carbocycles. The number of oxazole rings is 1. The van der Waals surface area contributed by atoms with E-state index in [1.165, 1.54) is 32.2 Å². The molecule has 0 radical (unpaired) electrons. The Bertz CT molecular complexity index is 816. The van der Waals surface area contributed by atoms with Crippen LogP contribution in [0.3, 0.4) is 0 Å². The van der Waals surface area contributed by atoms with E-state index in [1.54, 1.807) is 6.07 Å². The molecule has 0 atom stereocenters. The van der Waals surface area contributed by atoms with Crippen molar-refractivity contribution < 1.29 is 26.8 Å². The van der Waals surface area contributed by atoms with Crippen LogP contribution in [0, 0.1) is 12.7 Å². The van der Waals surface area contributed by atoms with Crippen molar-refractivity contribution in [3.8, 4) is 11.5 Å². The van der Waals surface area contributed by atoms with E-state index < -0.39 is 21.7 Å². The van der Waals surface area contributed by atoms with Crippen LogP contribution in [0.1, 0.15) is 16.2 Å². The third-order valence-corrected chi connectivity index (χ3v) is 4.12. The van der Waals surface area contributed by atoms with Gasteiger partial charge in [-0.05, 0) is 19.1 Å². The fourth-order valence-electron chi connectivity index (χ4n) is 1.79. The number of sulfonamides is 1. The summed E-state index contributed by atoms with van der Waals surface area (Å²) < 4.78 is 48.9. The summed E-state index contributed by atoms with van der Waals surface area (Å²) in [7, 11) is -2.50. The molecule has 124 valence electrons. The second kappa shape index (κ2) is 6.88. The second-order valence-corrected chi connectivity index (χ2v) is 6.49. The van der Waals surface area contributed by atoms with Crippen LogP contribution < -0.4 is 4.72 Å². The fourth-order valence-corrected chi connectivity index (χ4v) is 2.66. The summed E-state index contributed by atoms with van der Waals surface area (Å²) >= 11 is 0. The zero-order valence-electron chi connectivity index (χ0n) is 12.5. The molecule has 1 amide bonds. The maximum absolute atomic E-state index is 13.7. The summed E-state index contributed by atoms with van der Waals surface area (Å²) in [6, 6.07) is 5.76. The summed E-state index contributed by atoms with van der Waals surface area (Å²) in [5.74, 6) is -1.88. The Morgan fingerprint density at radius 1 is 1.39 bits per heavy atom. The standard InChI is InChI=1S/C14H15FN2O5S/c1-9-12(13(18)17-23(19,20)8-7-21-2)16-14(22-9)10-5-3-4-6-11(10)15/h3-6H,7-8H2,1-2H3,(H,17,18). The second-order valence-electron chi connectivity index (χ2n) is 4.65. The van der Waals surface area contributed by atoms with Crippen LogP contribution in [-0.4, -0.2) is 38.8 Å². The minimum absolute atomic E-state index is 0.0547. The van der Waals surface area contributed by atoms with Crippen molar-refractivity contribution >= 4 is 15.9 Å². The van der Waals surface area contributed by atoms with Crippen molar-refractivity contribution in [3.63, 3.8) is 0 Å². The highest BCUT2D eigenvalue weighted by atomic mass is 32.2. The molecule has 0 aliphatic heterocycles. The molecule has 1 heterocycles. The van der Waals surface area contributed by atoms with Crippen molar-refractivity contribution in [2.24, 2.45) is 0 Å². The number of carbonyl (C=O) groups excluding carboxylic acids is 1. The molecule has 1 aromatic heterocycles. The minimum atomic E-state index is -3.85. The van der Waals surface area contributed by atoms with Gasteiger partial charge in [-0.1, -0.05) is 12.1 Å². The van der Waals surface area contributed by atoms with Crippen LogP contribution in [0.2, 0.25) is 0 Å². The third-order valence-electron chi connectivity index (χ3n) is 2.92. The monoisotopic (exact) mass is 342 g/mol. The third kappa shape index (κ3) is 4.14. The average Bonchev–Trinajstić information content (AvgIpc) is 2.87. The summed E-state index contributed by atoms with van der Waals surface area (Å²) in [6.07, 6.45) is 0. The number of aromatic nitrogens is 1. The lowest BCUT2D eigenvalue weighted by molar-refractivity contribution is 0.0975. The predicted octanol–water partition coefficient (Wildman–Crippen LogP) is 1.50. The molecule has 23 heavy (non-hydrogen) atoms. The summed E-state index contributed by atoms with van der Waals surface area (Å²) in [5.41, 5.74) is -0.138. The normalized spacial score (nSPS) is 11.4. The number of ether oxygens (including phenoxy) is 1. The van der Waals surface area contributed by atoms with Crippen LogP contribution >= 0.6 is 0 Å². The number of hydrogen-bond acceptors (Lipinski definition) is 6. The zero-order chi connectivity index (χ0) is 17.0. The number of nitrogens with one attached hydrogen (secondary N) is 1. The van der Waals surface area contributed by atoms with Crippen LogP contribution in [-0.2, 0) is 14.8 Å². The Morgan fingerprint density at radius 3 is 2.74 bits per heavy atom. The van der Waals surface area contributed by atoms with E-state index in [-0.39, 0.29) is 35.3 Å². The zero-order valence-corrected chi connectivity index (χ0v) is 13.3. The van der Waals surface area contributed by atoms with Crippen molar-refractivity contribution in [1.82, 2.24) is 9.71 Å². The molecule has 1 N–H and O–H groups in total. The Hall–Kier alpha value is -2.26. The number of nitrogens with zero attached hydrogens (tertiary/aromatic N) is 1. The SMILES string of the molecule is COCCS(=O)(=O)NC(=O)c1nc(-c2ccccc2F)oc1C. The van der Waals surface area contributed by atoms with E-state index in [1.807, 2.05) is 4.72 Å². The molecule has 1 aromatic carbocycles. The molecule has 7 nitrogen and oxygen atoms in total. The molecule has 0 saturated heterocycles. The Morgan fingerprint density at radius 2 is 2.09 bits per heavy atom. The van der Waals surface area contributed by atoms with E-state index in [0.29, 0.717) is 0 Å². The van der Waals surface area contributed by atoms with Gasteiger partial charge in [-0.15, -0.1) is 0 Å². The molecular weight excluding hydrogens is 327 g/mol. The highest BCUT2D eigenvalue weighted by molar-refractivity contribution is 7.90. The van der Waals surface area contributed by atoms with Crippen molar-refractivity contribution in [1.29, 1.82) is 0 Å². The smallest absolute Gasteiger partial charge is 0.286 e. The molecule has 0 bridgehead atoms. The first-order chi connectivity index (χ1) is 10.8. The van der Waals surface area contributed by atoms with Gasteiger partial charge < -0.3 is 9.15 Å². The number of carbonyl (C=O) groups is 1. The van der Waals surface area contributed by atoms with Crippen molar-refractivity contribution in [2.45, 2.75) is 6.92 Å². The molecule has 2 aromatic rings. The van der Waals surface area contributed by atoms with Crippen molar-refractivity contribution in [2.75, 3.05) is 19.5 Å². The van der Waals surface area contributed by atoms with Gasteiger partial charge >= 0.3 is 0 Å². The maximum Gasteiger partial charge on any atom is 0.286 e. The van der Waals surface area contributed by atoms with Gasteiger partial charge in [-0.2, -0.15) is 0 Å². The number of benzene rings is 1. The first-order valence-corrected chi connectivity index (χ1v) is 8.25. The molecule has 0 unspecified atom stereocenters. The van der Waals surface area contributed by atoms with E-state index in [2.05, 4.69) is 9.72 Å². The predicted molar refractivity (Wildman–Crippen MR) is 79.8 cm³/mol. The van der Waals surface area contributed by atoms with E-state index in [9.17, 15) is 17.6 Å². The lowest BCUT2D eigenvalue weighted by atomic mass is 10.2. The highest BCUT2D eigenvalue weighted by Gasteiger charge is 2.23. The number of hydrogen-bond donors (Lipinski definition) is 1. The largest absolute Gasteiger partial charge is 0.440 e. The topological polar surface area (TPSA) is 98.5 Å². The summed E-state index contributed by atoms with van der Waals surface area (Å²) in [6.45, 7) is 1.38. The average molecular weight is 342 g/mol. The van der Waals surface area contributed by atoms with Gasteiger partial charge in [0.05, 0.1) is 17.9 Å². The highest BCUT2D eigenvalue weighted by Crippen LogP contribution is 2.24. The summed E-state index contributed by atoms with van der Waals surface area (Å²) in [4.78, 5) is 15.9. The number of amides is 1. The Labute approximate surface area is 132 Å². The molecular formula is C14H15FN2O5S.